The highest BCUT2D eigenvalue weighted by atomic mass is 32.2. The van der Waals surface area contributed by atoms with Gasteiger partial charge in [-0.1, -0.05) is 0 Å². The summed E-state index contributed by atoms with van der Waals surface area (Å²) in [6, 6.07) is 0. The molecule has 1 atom stereocenters. The predicted octanol–water partition coefficient (Wildman–Crippen LogP) is 1.10. The summed E-state index contributed by atoms with van der Waals surface area (Å²) >= 11 is 1.93. The predicted molar refractivity (Wildman–Crippen MR) is 39.4 cm³/mol. The summed E-state index contributed by atoms with van der Waals surface area (Å²) < 4.78 is 0. The third-order valence-electron chi connectivity index (χ3n) is 1.64. The lowest BCUT2D eigenvalue weighted by molar-refractivity contribution is 0.675. The monoisotopic (exact) mass is 131 g/mol. The maximum Gasteiger partial charge on any atom is 0.0286 e. The minimum atomic E-state index is 0.531. The Morgan fingerprint density at radius 1 is 1.75 bits per heavy atom. The molecule has 1 nitrogen and oxygen atoms in total. The van der Waals surface area contributed by atoms with Crippen LogP contribution in [0.3, 0.4) is 0 Å². The van der Waals surface area contributed by atoms with E-state index in [1.54, 1.807) is 0 Å². The standard InChI is InChI=1S/C6H13NS/c1-6(5-7-6)3-4-8-2/h7H,3-5H2,1-2H3. The zero-order chi connectivity index (χ0) is 6.04. The molecule has 48 valence electrons. The third kappa shape index (κ3) is 1.67. The smallest absolute Gasteiger partial charge is 0.0286 e. The molecule has 0 radical (unpaired) electrons. The lowest BCUT2D eigenvalue weighted by Crippen LogP contribution is -2.09. The highest BCUT2D eigenvalue weighted by Crippen LogP contribution is 2.21. The molecule has 1 rings (SSSR count). The molecule has 1 aliphatic rings. The van der Waals surface area contributed by atoms with Crippen LogP contribution in [0.2, 0.25) is 0 Å². The van der Waals surface area contributed by atoms with Crippen molar-refractivity contribution in [3.8, 4) is 0 Å². The molecule has 0 aliphatic carbocycles. The number of hydrogen-bond acceptors (Lipinski definition) is 2. The fraction of sp³-hybridized carbons (Fsp3) is 1.00. The van der Waals surface area contributed by atoms with Gasteiger partial charge in [0.2, 0.25) is 0 Å². The van der Waals surface area contributed by atoms with Crippen molar-refractivity contribution in [3.63, 3.8) is 0 Å². The molecular formula is C6H13NS. The maximum atomic E-state index is 3.33. The van der Waals surface area contributed by atoms with Gasteiger partial charge in [0.25, 0.3) is 0 Å². The zero-order valence-corrected chi connectivity index (χ0v) is 6.35. The third-order valence-corrected chi connectivity index (χ3v) is 2.25. The molecule has 8 heavy (non-hydrogen) atoms. The lowest BCUT2D eigenvalue weighted by atomic mass is 10.1. The van der Waals surface area contributed by atoms with Gasteiger partial charge in [-0.05, 0) is 25.4 Å². The Labute approximate surface area is 55.2 Å². The van der Waals surface area contributed by atoms with Crippen molar-refractivity contribution < 1.29 is 0 Å². The molecule has 0 aromatic heterocycles. The van der Waals surface area contributed by atoms with Gasteiger partial charge in [-0.25, -0.2) is 0 Å². The summed E-state index contributed by atoms with van der Waals surface area (Å²) in [5, 5.41) is 3.33. The molecule has 1 fully saturated rings. The van der Waals surface area contributed by atoms with Crippen LogP contribution in [0.4, 0.5) is 0 Å². The summed E-state index contributed by atoms with van der Waals surface area (Å²) in [4.78, 5) is 0. The van der Waals surface area contributed by atoms with E-state index in [1.807, 2.05) is 11.8 Å². The molecule has 0 aromatic carbocycles. The lowest BCUT2D eigenvalue weighted by Gasteiger charge is -2.01. The Balaban J connectivity index is 2.01. The second-order valence-electron chi connectivity index (χ2n) is 2.66. The van der Waals surface area contributed by atoms with Gasteiger partial charge < -0.3 is 5.32 Å². The molecule has 0 bridgehead atoms. The van der Waals surface area contributed by atoms with Crippen LogP contribution < -0.4 is 5.32 Å². The van der Waals surface area contributed by atoms with Crippen molar-refractivity contribution in [2.24, 2.45) is 0 Å². The summed E-state index contributed by atoms with van der Waals surface area (Å²) in [6.07, 6.45) is 3.49. The Morgan fingerprint density at radius 2 is 2.38 bits per heavy atom. The van der Waals surface area contributed by atoms with E-state index in [2.05, 4.69) is 18.5 Å². The second-order valence-corrected chi connectivity index (χ2v) is 3.64. The van der Waals surface area contributed by atoms with Crippen molar-refractivity contribution >= 4 is 11.8 Å². The van der Waals surface area contributed by atoms with Crippen LogP contribution in [-0.4, -0.2) is 24.1 Å². The first-order chi connectivity index (χ1) is 3.77. The highest BCUT2D eigenvalue weighted by Gasteiger charge is 2.34. The second kappa shape index (κ2) is 2.28. The van der Waals surface area contributed by atoms with E-state index >= 15 is 0 Å². The van der Waals surface area contributed by atoms with Gasteiger partial charge in [0.05, 0.1) is 0 Å². The van der Waals surface area contributed by atoms with Crippen molar-refractivity contribution in [3.05, 3.63) is 0 Å². The SMILES string of the molecule is CSCCC1(C)CN1. The Morgan fingerprint density at radius 3 is 2.75 bits per heavy atom. The molecule has 0 spiro atoms. The average Bonchev–Trinajstić information content (AvgIpc) is 2.45. The van der Waals surface area contributed by atoms with Crippen molar-refractivity contribution in [1.82, 2.24) is 5.32 Å². The summed E-state index contributed by atoms with van der Waals surface area (Å²) in [5.74, 6) is 1.30. The van der Waals surface area contributed by atoms with Gasteiger partial charge in [0.1, 0.15) is 0 Å². The van der Waals surface area contributed by atoms with Crippen molar-refractivity contribution in [2.45, 2.75) is 18.9 Å². The summed E-state index contributed by atoms with van der Waals surface area (Å²) in [6.45, 7) is 3.51. The first-order valence-electron chi connectivity index (χ1n) is 3.01. The molecular weight excluding hydrogens is 118 g/mol. The minimum absolute atomic E-state index is 0.531. The molecule has 1 saturated heterocycles. The number of rotatable bonds is 3. The van der Waals surface area contributed by atoms with E-state index in [4.69, 9.17) is 0 Å². The number of thioether (sulfide) groups is 1. The van der Waals surface area contributed by atoms with E-state index in [0.29, 0.717) is 5.54 Å². The van der Waals surface area contributed by atoms with Gasteiger partial charge >= 0.3 is 0 Å². The molecule has 1 heterocycles. The van der Waals surface area contributed by atoms with E-state index in [-0.39, 0.29) is 0 Å². The molecule has 0 aromatic rings. The van der Waals surface area contributed by atoms with E-state index < -0.39 is 0 Å². The van der Waals surface area contributed by atoms with E-state index in [0.717, 1.165) is 0 Å². The van der Waals surface area contributed by atoms with Crippen LogP contribution in [0.5, 0.6) is 0 Å². The zero-order valence-electron chi connectivity index (χ0n) is 5.53. The van der Waals surface area contributed by atoms with Gasteiger partial charge in [0, 0.05) is 12.1 Å². The summed E-state index contributed by atoms with van der Waals surface area (Å²) in [7, 11) is 0. The van der Waals surface area contributed by atoms with Crippen LogP contribution in [0.15, 0.2) is 0 Å². The van der Waals surface area contributed by atoms with Crippen molar-refractivity contribution in [2.75, 3.05) is 18.6 Å². The quantitative estimate of drug-likeness (QED) is 0.579. The molecule has 1 unspecified atom stereocenters. The Bertz CT molecular complexity index is 78.6. The van der Waals surface area contributed by atoms with Crippen LogP contribution in [0.25, 0.3) is 0 Å². The first kappa shape index (κ1) is 6.43. The minimum Gasteiger partial charge on any atom is -0.308 e. The number of hydrogen-bond donors (Lipinski definition) is 1. The van der Waals surface area contributed by atoms with Crippen LogP contribution in [0.1, 0.15) is 13.3 Å². The fourth-order valence-corrected chi connectivity index (χ4v) is 1.31. The molecule has 0 saturated carbocycles. The Kier molecular flexibility index (Phi) is 1.83. The molecule has 2 heteroatoms. The van der Waals surface area contributed by atoms with Crippen molar-refractivity contribution in [1.29, 1.82) is 0 Å². The first-order valence-corrected chi connectivity index (χ1v) is 4.40. The van der Waals surface area contributed by atoms with Gasteiger partial charge in [0.15, 0.2) is 0 Å². The maximum absolute atomic E-state index is 3.33. The molecule has 1 N–H and O–H groups in total. The van der Waals surface area contributed by atoms with Gasteiger partial charge in [-0.15, -0.1) is 0 Å². The van der Waals surface area contributed by atoms with Gasteiger partial charge in [-0.2, -0.15) is 11.8 Å². The highest BCUT2D eigenvalue weighted by molar-refractivity contribution is 7.98. The Hall–Kier alpha value is 0.310. The molecule has 1 aliphatic heterocycles. The summed E-state index contributed by atoms with van der Waals surface area (Å²) in [5.41, 5.74) is 0.531. The normalized spacial score (nSPS) is 35.2. The van der Waals surface area contributed by atoms with Crippen LogP contribution >= 0.6 is 11.8 Å². The largest absolute Gasteiger partial charge is 0.308 e. The topological polar surface area (TPSA) is 21.9 Å². The number of nitrogens with one attached hydrogen (secondary N) is 1. The molecule has 0 amide bonds. The van der Waals surface area contributed by atoms with Gasteiger partial charge in [-0.3, -0.25) is 0 Å². The van der Waals surface area contributed by atoms with E-state index in [9.17, 15) is 0 Å². The van der Waals surface area contributed by atoms with Crippen LogP contribution in [0, 0.1) is 0 Å². The van der Waals surface area contributed by atoms with E-state index in [1.165, 1.54) is 18.7 Å². The fourth-order valence-electron chi connectivity index (χ4n) is 0.655. The van der Waals surface area contributed by atoms with Crippen LogP contribution in [-0.2, 0) is 0 Å². The average molecular weight is 131 g/mol.